The van der Waals surface area contributed by atoms with Crippen LogP contribution in [0.1, 0.15) is 36.4 Å². The zero-order valence-electron chi connectivity index (χ0n) is 12.5. The average molecular weight is 304 g/mol. The number of nitrogens with one attached hydrogen (secondary N) is 1. The van der Waals surface area contributed by atoms with Crippen LogP contribution in [-0.4, -0.2) is 16.0 Å². The monoisotopic (exact) mass is 304 g/mol. The number of hydrogen-bond donors (Lipinski definition) is 2. The average Bonchev–Trinajstić information content (AvgIpc) is 2.79. The van der Waals surface area contributed by atoms with Crippen molar-refractivity contribution in [3.8, 4) is 0 Å². The Morgan fingerprint density at radius 2 is 2.05 bits per heavy atom. The topological polar surface area (TPSA) is 62.2 Å². The molecule has 0 saturated heterocycles. The summed E-state index contributed by atoms with van der Waals surface area (Å²) in [6, 6.07) is 9.20. The van der Waals surface area contributed by atoms with E-state index in [-0.39, 0.29) is 12.3 Å². The van der Waals surface area contributed by atoms with Crippen molar-refractivity contribution in [3.63, 3.8) is 0 Å². The van der Waals surface area contributed by atoms with Gasteiger partial charge in [0, 0.05) is 4.88 Å². The van der Waals surface area contributed by atoms with Crippen molar-refractivity contribution in [1.29, 1.82) is 0 Å². The molecule has 0 saturated carbocycles. The van der Waals surface area contributed by atoms with Gasteiger partial charge in [0.1, 0.15) is 0 Å². The summed E-state index contributed by atoms with van der Waals surface area (Å²) in [5.41, 5.74) is 0.542. The van der Waals surface area contributed by atoms with Crippen molar-refractivity contribution in [2.75, 3.05) is 5.32 Å². The van der Waals surface area contributed by atoms with Crippen LogP contribution in [0.3, 0.4) is 0 Å². The van der Waals surface area contributed by atoms with E-state index in [2.05, 4.69) is 10.3 Å². The van der Waals surface area contributed by atoms with Crippen LogP contribution in [0.2, 0.25) is 0 Å². The van der Waals surface area contributed by atoms with Crippen LogP contribution in [0.25, 0.3) is 0 Å². The van der Waals surface area contributed by atoms with E-state index in [0.717, 1.165) is 22.6 Å². The fourth-order valence-corrected chi connectivity index (χ4v) is 3.10. The molecule has 1 unspecified atom stereocenters. The molecule has 21 heavy (non-hydrogen) atoms. The second-order valence-electron chi connectivity index (χ2n) is 5.24. The number of nitrogens with zero attached hydrogens (tertiary/aromatic N) is 1. The lowest BCUT2D eigenvalue weighted by Crippen LogP contribution is -2.28. The lowest BCUT2D eigenvalue weighted by atomic mass is 9.92. The zero-order chi connectivity index (χ0) is 15.5. The van der Waals surface area contributed by atoms with Gasteiger partial charge >= 0.3 is 0 Å². The van der Waals surface area contributed by atoms with Crippen molar-refractivity contribution in [3.05, 3.63) is 46.5 Å². The Labute approximate surface area is 128 Å². The molecular formula is C16H20N2O2S. The number of carbonyl (C=O) groups excluding carboxylic acids is 1. The first-order valence-corrected chi connectivity index (χ1v) is 7.78. The molecule has 1 atom stereocenters. The maximum Gasteiger partial charge on any atom is 0.229 e. The van der Waals surface area contributed by atoms with Crippen LogP contribution in [0, 0.1) is 6.92 Å². The quantitative estimate of drug-likeness (QED) is 0.891. The number of aryl methyl sites for hydroxylation is 2. The molecule has 0 radical (unpaired) electrons. The molecule has 1 heterocycles. The van der Waals surface area contributed by atoms with Gasteiger partial charge in [-0.05, 0) is 25.8 Å². The molecule has 0 bridgehead atoms. The van der Waals surface area contributed by atoms with Gasteiger partial charge in [-0.1, -0.05) is 37.3 Å². The van der Waals surface area contributed by atoms with E-state index in [1.807, 2.05) is 44.2 Å². The summed E-state index contributed by atoms with van der Waals surface area (Å²) in [6.07, 6.45) is 0.844. The number of benzene rings is 1. The maximum absolute atomic E-state index is 12.1. The predicted molar refractivity (Wildman–Crippen MR) is 85.5 cm³/mol. The highest BCUT2D eigenvalue weighted by Crippen LogP contribution is 2.26. The number of rotatable bonds is 5. The Hall–Kier alpha value is -1.72. The van der Waals surface area contributed by atoms with Gasteiger partial charge in [-0.2, -0.15) is 0 Å². The van der Waals surface area contributed by atoms with E-state index in [0.29, 0.717) is 5.13 Å². The van der Waals surface area contributed by atoms with Crippen molar-refractivity contribution in [1.82, 2.24) is 4.98 Å². The largest absolute Gasteiger partial charge is 0.385 e. The molecule has 0 aliphatic heterocycles. The van der Waals surface area contributed by atoms with Crippen molar-refractivity contribution < 1.29 is 9.90 Å². The minimum Gasteiger partial charge on any atom is -0.385 e. The maximum atomic E-state index is 12.1. The molecular weight excluding hydrogens is 284 g/mol. The molecule has 0 aliphatic rings. The summed E-state index contributed by atoms with van der Waals surface area (Å²) in [5, 5.41) is 13.8. The van der Waals surface area contributed by atoms with Crippen LogP contribution >= 0.6 is 11.3 Å². The summed E-state index contributed by atoms with van der Waals surface area (Å²) in [7, 11) is 0. The highest BCUT2D eigenvalue weighted by atomic mass is 32.1. The van der Waals surface area contributed by atoms with E-state index in [1.165, 1.54) is 11.3 Å². The normalized spacial score (nSPS) is 13.7. The summed E-state index contributed by atoms with van der Waals surface area (Å²) >= 11 is 1.46. The van der Waals surface area contributed by atoms with Crippen LogP contribution in [0.15, 0.2) is 30.3 Å². The van der Waals surface area contributed by atoms with Gasteiger partial charge in [0.05, 0.1) is 17.7 Å². The van der Waals surface area contributed by atoms with Crippen LogP contribution < -0.4 is 5.32 Å². The van der Waals surface area contributed by atoms with E-state index in [1.54, 1.807) is 6.92 Å². The van der Waals surface area contributed by atoms with Crippen LogP contribution in [0.4, 0.5) is 5.13 Å². The number of amides is 1. The van der Waals surface area contributed by atoms with Gasteiger partial charge in [-0.15, -0.1) is 11.3 Å². The number of carbonyl (C=O) groups is 1. The van der Waals surface area contributed by atoms with Crippen molar-refractivity contribution >= 4 is 22.4 Å². The second kappa shape index (κ2) is 6.37. The smallest absolute Gasteiger partial charge is 0.229 e. The molecule has 0 aliphatic carbocycles. The summed E-state index contributed by atoms with van der Waals surface area (Å²) < 4.78 is 0. The fourth-order valence-electron chi connectivity index (χ4n) is 2.18. The van der Waals surface area contributed by atoms with Gasteiger partial charge < -0.3 is 10.4 Å². The Kier molecular flexibility index (Phi) is 4.75. The Bertz CT molecular complexity index is 620. The predicted octanol–water partition coefficient (Wildman–Crippen LogP) is 3.25. The van der Waals surface area contributed by atoms with Gasteiger partial charge in [-0.3, -0.25) is 4.79 Å². The van der Waals surface area contributed by atoms with Gasteiger partial charge in [0.2, 0.25) is 5.91 Å². The van der Waals surface area contributed by atoms with Crippen LogP contribution in [-0.2, 0) is 16.8 Å². The van der Waals surface area contributed by atoms with E-state index in [4.69, 9.17) is 0 Å². The molecule has 2 N–H and O–H groups in total. The molecule has 0 fully saturated rings. The molecule has 1 amide bonds. The number of aromatic nitrogens is 1. The number of anilines is 1. The zero-order valence-corrected chi connectivity index (χ0v) is 13.3. The summed E-state index contributed by atoms with van der Waals surface area (Å²) in [6.45, 7) is 5.67. The highest BCUT2D eigenvalue weighted by Gasteiger charge is 2.26. The molecule has 4 nitrogen and oxygen atoms in total. The van der Waals surface area contributed by atoms with Gasteiger partial charge in [0.15, 0.2) is 5.13 Å². The summed E-state index contributed by atoms with van der Waals surface area (Å²) in [5.74, 6) is -0.236. The highest BCUT2D eigenvalue weighted by molar-refractivity contribution is 7.15. The Balaban J connectivity index is 2.04. The molecule has 1 aromatic carbocycles. The fraction of sp³-hybridized carbons (Fsp3) is 0.375. The van der Waals surface area contributed by atoms with Crippen molar-refractivity contribution in [2.24, 2.45) is 0 Å². The van der Waals surface area contributed by atoms with Gasteiger partial charge in [0.25, 0.3) is 0 Å². The number of hydrogen-bond acceptors (Lipinski definition) is 4. The Morgan fingerprint density at radius 3 is 2.62 bits per heavy atom. The molecule has 112 valence electrons. The molecule has 1 aromatic heterocycles. The first-order valence-electron chi connectivity index (χ1n) is 6.96. The van der Waals surface area contributed by atoms with E-state index >= 15 is 0 Å². The minimum atomic E-state index is -1.19. The molecule has 2 rings (SSSR count). The van der Waals surface area contributed by atoms with E-state index in [9.17, 15) is 9.90 Å². The number of aliphatic hydroxyl groups is 1. The third-order valence-electron chi connectivity index (χ3n) is 3.37. The number of thiazole rings is 1. The summed E-state index contributed by atoms with van der Waals surface area (Å²) in [4.78, 5) is 17.6. The SMILES string of the molecule is CCc1nc(NC(=O)CC(C)(O)c2ccccc2)sc1C. The second-order valence-corrected chi connectivity index (χ2v) is 6.44. The minimum absolute atomic E-state index is 0.00288. The van der Waals surface area contributed by atoms with Gasteiger partial charge in [-0.25, -0.2) is 4.98 Å². The standard InChI is InChI=1S/C16H20N2O2S/c1-4-13-11(2)21-15(17-13)18-14(19)10-16(3,20)12-8-6-5-7-9-12/h5-9,20H,4,10H2,1-3H3,(H,17,18,19). The third-order valence-corrected chi connectivity index (χ3v) is 4.30. The lowest BCUT2D eigenvalue weighted by Gasteiger charge is -2.22. The lowest BCUT2D eigenvalue weighted by molar-refractivity contribution is -0.120. The van der Waals surface area contributed by atoms with Crippen molar-refractivity contribution in [2.45, 2.75) is 39.2 Å². The first kappa shape index (κ1) is 15.7. The van der Waals surface area contributed by atoms with E-state index < -0.39 is 5.60 Å². The van der Waals surface area contributed by atoms with Crippen LogP contribution in [0.5, 0.6) is 0 Å². The third kappa shape index (κ3) is 3.89. The molecule has 5 heteroatoms. The molecule has 0 spiro atoms. The first-order chi connectivity index (χ1) is 9.92. The molecule has 2 aromatic rings. The Morgan fingerprint density at radius 1 is 1.38 bits per heavy atom.